The topological polar surface area (TPSA) is 34.4 Å². The Balaban J connectivity index is 1.93. The molecule has 1 heterocycles. The van der Waals surface area contributed by atoms with Crippen LogP contribution in [0.1, 0.15) is 23.2 Å². The molecule has 0 unspecified atom stereocenters. The Kier molecular flexibility index (Phi) is 6.67. The molecule has 0 saturated carbocycles. The number of rotatable bonds is 7. The van der Waals surface area contributed by atoms with Gasteiger partial charge < -0.3 is 14.4 Å². The Bertz CT molecular complexity index is 992. The third kappa shape index (κ3) is 4.94. The number of aliphatic hydroxyl groups is 1. The number of aryl methyl sites for hydroxylation is 1. The second kappa shape index (κ2) is 9.06. The van der Waals surface area contributed by atoms with Gasteiger partial charge in [-0.15, -0.1) is 0 Å². The summed E-state index contributed by atoms with van der Waals surface area (Å²) in [6.45, 7) is -0.850. The number of aliphatic hydroxyl groups excluding tert-OH is 1. The van der Waals surface area contributed by atoms with Gasteiger partial charge in [-0.3, -0.25) is 0 Å². The van der Waals surface area contributed by atoms with E-state index in [0.29, 0.717) is 22.7 Å². The van der Waals surface area contributed by atoms with E-state index in [1.807, 2.05) is 0 Å². The van der Waals surface area contributed by atoms with Gasteiger partial charge in [0.15, 0.2) is 17.4 Å². The van der Waals surface area contributed by atoms with Crippen LogP contribution >= 0.6 is 11.6 Å². The molecule has 3 rings (SSSR count). The molecule has 1 aromatic heterocycles. The molecule has 0 saturated heterocycles. The number of alkyl halides is 3. The van der Waals surface area contributed by atoms with Gasteiger partial charge in [0, 0.05) is 23.5 Å². The fourth-order valence-corrected chi connectivity index (χ4v) is 3.16. The summed E-state index contributed by atoms with van der Waals surface area (Å²) in [6.07, 6.45) is -2.90. The highest BCUT2D eigenvalue weighted by molar-refractivity contribution is 6.30. The maximum absolute atomic E-state index is 14.3. The molecule has 30 heavy (non-hydrogen) atoms. The normalized spacial score (nSPS) is 11.7. The molecule has 0 spiro atoms. The second-order valence-electron chi connectivity index (χ2n) is 6.52. The van der Waals surface area contributed by atoms with Crippen molar-refractivity contribution in [1.82, 2.24) is 4.57 Å². The number of ether oxygens (including phenoxy) is 1. The lowest BCUT2D eigenvalue weighted by Gasteiger charge is -2.15. The lowest BCUT2D eigenvalue weighted by Crippen LogP contribution is -2.13. The third-order valence-electron chi connectivity index (χ3n) is 4.44. The Labute approximate surface area is 174 Å². The van der Waals surface area contributed by atoms with Gasteiger partial charge in [-0.1, -0.05) is 11.6 Å². The predicted octanol–water partition coefficient (Wildman–Crippen LogP) is 5.93. The van der Waals surface area contributed by atoms with Gasteiger partial charge in [0.1, 0.15) is 6.61 Å². The summed E-state index contributed by atoms with van der Waals surface area (Å²) in [6, 6.07) is 9.01. The molecule has 0 amide bonds. The van der Waals surface area contributed by atoms with E-state index in [9.17, 15) is 22.0 Å². The summed E-state index contributed by atoms with van der Waals surface area (Å²) in [4.78, 5) is 0. The van der Waals surface area contributed by atoms with Crippen LogP contribution in [-0.4, -0.2) is 16.3 Å². The van der Waals surface area contributed by atoms with E-state index < -0.39 is 35.7 Å². The zero-order chi connectivity index (χ0) is 21.9. The van der Waals surface area contributed by atoms with Crippen molar-refractivity contribution in [3.8, 4) is 11.4 Å². The maximum Gasteiger partial charge on any atom is 0.418 e. The van der Waals surface area contributed by atoms with Crippen LogP contribution in [0, 0.1) is 11.6 Å². The molecular weight excluding hydrogens is 429 g/mol. The molecule has 0 fully saturated rings. The largest absolute Gasteiger partial charge is 0.481 e. The smallest absolute Gasteiger partial charge is 0.418 e. The molecule has 3 nitrogen and oxygen atoms in total. The van der Waals surface area contributed by atoms with Gasteiger partial charge in [-0.25, -0.2) is 8.78 Å². The SMILES string of the molecule is OCCCc1cc(F)c(OCc2c(C(F)(F)F)ccn2-c2ccc(Cl)cc2)c(F)c1. The summed E-state index contributed by atoms with van der Waals surface area (Å²) in [7, 11) is 0. The van der Waals surface area contributed by atoms with Crippen molar-refractivity contribution in [3.05, 3.63) is 82.1 Å². The molecule has 1 N–H and O–H groups in total. The van der Waals surface area contributed by atoms with E-state index in [1.54, 1.807) is 0 Å². The predicted molar refractivity (Wildman–Crippen MR) is 102 cm³/mol. The summed E-state index contributed by atoms with van der Waals surface area (Å²) in [5.41, 5.74) is -0.591. The quantitative estimate of drug-likeness (QED) is 0.457. The van der Waals surface area contributed by atoms with Crippen LogP contribution in [0.25, 0.3) is 5.69 Å². The lowest BCUT2D eigenvalue weighted by atomic mass is 10.1. The van der Waals surface area contributed by atoms with Gasteiger partial charge in [-0.05, 0) is 60.9 Å². The number of hydrogen-bond donors (Lipinski definition) is 1. The molecule has 0 bridgehead atoms. The Morgan fingerprint density at radius 3 is 2.20 bits per heavy atom. The Morgan fingerprint density at radius 2 is 1.63 bits per heavy atom. The zero-order valence-corrected chi connectivity index (χ0v) is 16.3. The van der Waals surface area contributed by atoms with Gasteiger partial charge in [-0.2, -0.15) is 13.2 Å². The van der Waals surface area contributed by atoms with Gasteiger partial charge in [0.2, 0.25) is 0 Å². The van der Waals surface area contributed by atoms with Crippen LogP contribution in [-0.2, 0) is 19.2 Å². The van der Waals surface area contributed by atoms with Crippen molar-refractivity contribution in [1.29, 1.82) is 0 Å². The number of nitrogens with zero attached hydrogens (tertiary/aromatic N) is 1. The van der Waals surface area contributed by atoms with Gasteiger partial charge in [0.05, 0.1) is 11.3 Å². The van der Waals surface area contributed by atoms with Crippen molar-refractivity contribution in [3.63, 3.8) is 0 Å². The fraction of sp³-hybridized carbons (Fsp3) is 0.238. The number of benzene rings is 2. The Hall–Kier alpha value is -2.58. The summed E-state index contributed by atoms with van der Waals surface area (Å²) >= 11 is 5.83. The van der Waals surface area contributed by atoms with Crippen molar-refractivity contribution >= 4 is 11.6 Å². The van der Waals surface area contributed by atoms with E-state index in [-0.39, 0.29) is 18.7 Å². The highest BCUT2D eigenvalue weighted by atomic mass is 35.5. The van der Waals surface area contributed by atoms with Crippen molar-refractivity contribution in [2.75, 3.05) is 6.61 Å². The first-order chi connectivity index (χ1) is 14.2. The number of hydrogen-bond acceptors (Lipinski definition) is 2. The highest BCUT2D eigenvalue weighted by Gasteiger charge is 2.36. The number of aromatic nitrogens is 1. The highest BCUT2D eigenvalue weighted by Crippen LogP contribution is 2.35. The average molecular weight is 446 g/mol. The molecule has 0 aliphatic carbocycles. The molecule has 3 aromatic rings. The minimum Gasteiger partial charge on any atom is -0.481 e. The monoisotopic (exact) mass is 445 g/mol. The van der Waals surface area contributed by atoms with E-state index in [4.69, 9.17) is 21.4 Å². The molecule has 2 aromatic carbocycles. The van der Waals surface area contributed by atoms with Crippen molar-refractivity contribution in [2.24, 2.45) is 0 Å². The molecule has 9 heteroatoms. The first-order valence-corrected chi connectivity index (χ1v) is 9.33. The minimum absolute atomic E-state index is 0.136. The zero-order valence-electron chi connectivity index (χ0n) is 15.5. The van der Waals surface area contributed by atoms with Crippen LogP contribution in [0.4, 0.5) is 22.0 Å². The van der Waals surface area contributed by atoms with Crippen LogP contribution in [0.5, 0.6) is 5.75 Å². The standard InChI is InChI=1S/C21H17ClF5NO2/c22-14-3-5-15(6-4-14)28-8-7-16(21(25,26)27)19(28)12-30-20-17(23)10-13(2-1-9-29)11-18(20)24/h3-8,10-11,29H,1-2,9,12H2. The molecule has 160 valence electrons. The van der Waals surface area contributed by atoms with Crippen molar-refractivity contribution in [2.45, 2.75) is 25.6 Å². The summed E-state index contributed by atoms with van der Waals surface area (Å²) in [5.74, 6) is -2.82. The number of halogens is 6. The fourth-order valence-electron chi connectivity index (χ4n) is 3.03. The van der Waals surface area contributed by atoms with E-state index in [1.165, 1.54) is 35.0 Å². The van der Waals surface area contributed by atoms with Crippen LogP contribution in [0.15, 0.2) is 48.7 Å². The summed E-state index contributed by atoms with van der Waals surface area (Å²) in [5, 5.41) is 9.23. The van der Waals surface area contributed by atoms with E-state index >= 15 is 0 Å². The van der Waals surface area contributed by atoms with E-state index in [0.717, 1.165) is 18.2 Å². The lowest BCUT2D eigenvalue weighted by molar-refractivity contribution is -0.138. The third-order valence-corrected chi connectivity index (χ3v) is 4.69. The second-order valence-corrected chi connectivity index (χ2v) is 6.96. The first kappa shape index (κ1) is 22.1. The first-order valence-electron chi connectivity index (χ1n) is 8.95. The minimum atomic E-state index is -4.68. The van der Waals surface area contributed by atoms with Crippen LogP contribution in [0.3, 0.4) is 0 Å². The molecular formula is C21H17ClF5NO2. The molecule has 0 aliphatic rings. The van der Waals surface area contributed by atoms with Crippen LogP contribution < -0.4 is 4.74 Å². The van der Waals surface area contributed by atoms with Gasteiger partial charge >= 0.3 is 6.18 Å². The molecule has 0 atom stereocenters. The Morgan fingerprint density at radius 1 is 1.00 bits per heavy atom. The van der Waals surface area contributed by atoms with E-state index in [2.05, 4.69) is 0 Å². The molecule has 0 radical (unpaired) electrons. The van der Waals surface area contributed by atoms with Crippen molar-refractivity contribution < 1.29 is 31.8 Å². The molecule has 0 aliphatic heterocycles. The van der Waals surface area contributed by atoms with Crippen LogP contribution in [0.2, 0.25) is 5.02 Å². The summed E-state index contributed by atoms with van der Waals surface area (Å²) < 4.78 is 75.3. The average Bonchev–Trinajstić information content (AvgIpc) is 3.10. The van der Waals surface area contributed by atoms with Gasteiger partial charge in [0.25, 0.3) is 0 Å². The maximum atomic E-state index is 14.3.